The first-order valence-electron chi connectivity index (χ1n) is 5.36. The molecule has 0 aliphatic carbocycles. The van der Waals surface area contributed by atoms with E-state index in [2.05, 4.69) is 40.8 Å². The van der Waals surface area contributed by atoms with E-state index in [1.807, 2.05) is 0 Å². The molecule has 3 heteroatoms. The van der Waals surface area contributed by atoms with Gasteiger partial charge in [0.15, 0.2) is 8.32 Å². The molecule has 0 aliphatic heterocycles. The lowest BCUT2D eigenvalue weighted by molar-refractivity contribution is -0.109. The molecule has 0 rings (SSSR count). The monoisotopic (exact) mass is 216 g/mol. The Bertz CT molecular complexity index is 182. The summed E-state index contributed by atoms with van der Waals surface area (Å²) >= 11 is 0. The zero-order chi connectivity index (χ0) is 11.4. The van der Waals surface area contributed by atoms with Gasteiger partial charge in [0.05, 0.1) is 6.10 Å². The predicted octanol–water partition coefficient (Wildman–Crippen LogP) is 3.38. The van der Waals surface area contributed by atoms with Gasteiger partial charge in [0, 0.05) is 6.42 Å². The van der Waals surface area contributed by atoms with Gasteiger partial charge in [0.2, 0.25) is 0 Å². The molecule has 2 nitrogen and oxygen atoms in total. The Morgan fingerprint density at radius 2 is 1.86 bits per heavy atom. The molecule has 0 saturated heterocycles. The van der Waals surface area contributed by atoms with E-state index >= 15 is 0 Å². The SMILES string of the molecule is CC[C@H](CC=O)O[Si](C)(C)C(C)(C)C. The normalized spacial score (nSPS) is 15.3. The second-order valence-corrected chi connectivity index (χ2v) is 10.1. The molecule has 0 aromatic carbocycles. The van der Waals surface area contributed by atoms with Gasteiger partial charge in [-0.25, -0.2) is 0 Å². The minimum Gasteiger partial charge on any atom is -0.414 e. The maximum atomic E-state index is 10.4. The summed E-state index contributed by atoms with van der Waals surface area (Å²) < 4.78 is 6.10. The Balaban J connectivity index is 4.39. The van der Waals surface area contributed by atoms with Gasteiger partial charge in [-0.15, -0.1) is 0 Å². The van der Waals surface area contributed by atoms with E-state index in [4.69, 9.17) is 4.43 Å². The fourth-order valence-electron chi connectivity index (χ4n) is 0.999. The van der Waals surface area contributed by atoms with Gasteiger partial charge in [-0.2, -0.15) is 0 Å². The van der Waals surface area contributed by atoms with E-state index in [-0.39, 0.29) is 11.1 Å². The molecule has 0 amide bonds. The summed E-state index contributed by atoms with van der Waals surface area (Å²) in [6.45, 7) is 13.2. The summed E-state index contributed by atoms with van der Waals surface area (Å²) in [5.74, 6) is 0. The summed E-state index contributed by atoms with van der Waals surface area (Å²) in [7, 11) is -1.69. The lowest BCUT2D eigenvalue weighted by Gasteiger charge is -2.38. The molecule has 0 unspecified atom stereocenters. The van der Waals surface area contributed by atoms with E-state index in [9.17, 15) is 4.79 Å². The van der Waals surface area contributed by atoms with Crippen molar-refractivity contribution in [3.05, 3.63) is 0 Å². The molecule has 0 aromatic rings. The zero-order valence-electron chi connectivity index (χ0n) is 10.4. The van der Waals surface area contributed by atoms with Gasteiger partial charge in [-0.05, 0) is 24.6 Å². The smallest absolute Gasteiger partial charge is 0.192 e. The van der Waals surface area contributed by atoms with Gasteiger partial charge < -0.3 is 9.22 Å². The number of hydrogen-bond donors (Lipinski definition) is 0. The highest BCUT2D eigenvalue weighted by Gasteiger charge is 2.38. The molecule has 0 N–H and O–H groups in total. The minimum atomic E-state index is -1.69. The second-order valence-electron chi connectivity index (χ2n) is 5.31. The van der Waals surface area contributed by atoms with Crippen LogP contribution < -0.4 is 0 Å². The van der Waals surface area contributed by atoms with Gasteiger partial charge >= 0.3 is 0 Å². The Hall–Kier alpha value is -0.153. The Kier molecular flexibility index (Phi) is 5.02. The van der Waals surface area contributed by atoms with E-state index in [1.54, 1.807) is 0 Å². The van der Waals surface area contributed by atoms with Crippen LogP contribution in [0.25, 0.3) is 0 Å². The Morgan fingerprint density at radius 1 is 1.36 bits per heavy atom. The van der Waals surface area contributed by atoms with Crippen LogP contribution in [0.2, 0.25) is 18.1 Å². The van der Waals surface area contributed by atoms with Crippen molar-refractivity contribution < 1.29 is 9.22 Å². The van der Waals surface area contributed by atoms with Crippen molar-refractivity contribution in [2.24, 2.45) is 0 Å². The average Bonchev–Trinajstić information content (AvgIpc) is 2.01. The molecule has 0 bridgehead atoms. The molecule has 0 fully saturated rings. The van der Waals surface area contributed by atoms with E-state index < -0.39 is 8.32 Å². The summed E-state index contributed by atoms with van der Waals surface area (Å²) in [5, 5.41) is 0.226. The van der Waals surface area contributed by atoms with Crippen LogP contribution >= 0.6 is 0 Å². The number of carbonyl (C=O) groups is 1. The second kappa shape index (κ2) is 5.08. The number of hydrogen-bond acceptors (Lipinski definition) is 2. The third kappa shape index (κ3) is 3.92. The summed E-state index contributed by atoms with van der Waals surface area (Å²) in [6.07, 6.45) is 2.53. The quantitative estimate of drug-likeness (QED) is 0.520. The third-order valence-electron chi connectivity index (χ3n) is 3.08. The van der Waals surface area contributed by atoms with Crippen LogP contribution in [0.1, 0.15) is 40.5 Å². The first kappa shape index (κ1) is 13.8. The molecule has 0 aliphatic rings. The minimum absolute atomic E-state index is 0.119. The molecule has 0 heterocycles. The molecule has 0 radical (unpaired) electrons. The zero-order valence-corrected chi connectivity index (χ0v) is 11.4. The predicted molar refractivity (Wildman–Crippen MR) is 63.0 cm³/mol. The van der Waals surface area contributed by atoms with Crippen molar-refractivity contribution in [3.8, 4) is 0 Å². The molecular weight excluding hydrogens is 192 g/mol. The maximum absolute atomic E-state index is 10.4. The topological polar surface area (TPSA) is 26.3 Å². The maximum Gasteiger partial charge on any atom is 0.192 e. The highest BCUT2D eigenvalue weighted by molar-refractivity contribution is 6.74. The van der Waals surface area contributed by atoms with E-state index in [0.29, 0.717) is 6.42 Å². The largest absolute Gasteiger partial charge is 0.414 e. The highest BCUT2D eigenvalue weighted by atomic mass is 28.4. The van der Waals surface area contributed by atoms with Gasteiger partial charge in [-0.3, -0.25) is 0 Å². The van der Waals surface area contributed by atoms with Crippen LogP contribution in [0, 0.1) is 0 Å². The van der Waals surface area contributed by atoms with Crippen molar-refractivity contribution in [1.29, 1.82) is 0 Å². The fraction of sp³-hybridized carbons (Fsp3) is 0.909. The van der Waals surface area contributed by atoms with Crippen molar-refractivity contribution in [2.45, 2.75) is 64.8 Å². The lowest BCUT2D eigenvalue weighted by atomic mass is 10.2. The number of rotatable bonds is 5. The standard InChI is InChI=1S/C11H24O2Si/c1-7-10(8-9-12)13-14(5,6)11(2,3)4/h9-10H,7-8H2,1-6H3/t10-/m1/s1. The number of aldehydes is 1. The van der Waals surface area contributed by atoms with Crippen LogP contribution in [0.5, 0.6) is 0 Å². The molecule has 0 spiro atoms. The van der Waals surface area contributed by atoms with E-state index in [1.165, 1.54) is 0 Å². The van der Waals surface area contributed by atoms with Crippen molar-refractivity contribution >= 4 is 14.6 Å². The lowest BCUT2D eigenvalue weighted by Crippen LogP contribution is -2.43. The van der Waals surface area contributed by atoms with Crippen LogP contribution in [0.15, 0.2) is 0 Å². The van der Waals surface area contributed by atoms with Gasteiger partial charge in [0.1, 0.15) is 6.29 Å². The first-order valence-corrected chi connectivity index (χ1v) is 8.27. The van der Waals surface area contributed by atoms with Crippen molar-refractivity contribution in [2.75, 3.05) is 0 Å². The molecule has 14 heavy (non-hydrogen) atoms. The van der Waals surface area contributed by atoms with Crippen LogP contribution in [-0.2, 0) is 9.22 Å². The Morgan fingerprint density at radius 3 is 2.14 bits per heavy atom. The van der Waals surface area contributed by atoms with E-state index in [0.717, 1.165) is 12.7 Å². The van der Waals surface area contributed by atoms with Crippen LogP contribution in [0.4, 0.5) is 0 Å². The molecule has 0 aromatic heterocycles. The first-order chi connectivity index (χ1) is 6.24. The molecule has 84 valence electrons. The van der Waals surface area contributed by atoms with Crippen LogP contribution in [-0.4, -0.2) is 20.7 Å². The van der Waals surface area contributed by atoms with Gasteiger partial charge in [-0.1, -0.05) is 27.7 Å². The van der Waals surface area contributed by atoms with Crippen LogP contribution in [0.3, 0.4) is 0 Å². The van der Waals surface area contributed by atoms with Crippen molar-refractivity contribution in [1.82, 2.24) is 0 Å². The summed E-state index contributed by atoms with van der Waals surface area (Å²) in [5.41, 5.74) is 0. The molecule has 1 atom stereocenters. The molecular formula is C11H24O2Si. The summed E-state index contributed by atoms with van der Waals surface area (Å²) in [4.78, 5) is 10.4. The average molecular weight is 216 g/mol. The van der Waals surface area contributed by atoms with Gasteiger partial charge in [0.25, 0.3) is 0 Å². The fourth-order valence-corrected chi connectivity index (χ4v) is 2.45. The summed E-state index contributed by atoms with van der Waals surface area (Å²) in [6, 6.07) is 0. The third-order valence-corrected chi connectivity index (χ3v) is 7.62. The number of carbonyl (C=O) groups excluding carboxylic acids is 1. The highest BCUT2D eigenvalue weighted by Crippen LogP contribution is 2.37. The van der Waals surface area contributed by atoms with Crippen molar-refractivity contribution in [3.63, 3.8) is 0 Å². The molecule has 0 saturated carbocycles. The Labute approximate surface area is 89.2 Å².